The predicted molar refractivity (Wildman–Crippen MR) is 153 cm³/mol. The summed E-state index contributed by atoms with van der Waals surface area (Å²) in [5, 5.41) is 10.3. The van der Waals surface area contributed by atoms with Gasteiger partial charge >= 0.3 is 5.97 Å². The number of hydrogen-bond acceptors (Lipinski definition) is 7. The molecular formula is C31H45NO6S. The molecule has 0 radical (unpaired) electrons. The Morgan fingerprint density at radius 1 is 1.00 bits per heavy atom. The number of methoxy groups -OCH3 is 1. The number of amides is 1. The Hall–Kier alpha value is -1.74. The van der Waals surface area contributed by atoms with Crippen LogP contribution in [0, 0.1) is 11.8 Å². The summed E-state index contributed by atoms with van der Waals surface area (Å²) in [5.41, 5.74) is 1.74. The van der Waals surface area contributed by atoms with E-state index in [0.29, 0.717) is 16.5 Å². The van der Waals surface area contributed by atoms with Gasteiger partial charge in [0.1, 0.15) is 4.88 Å². The van der Waals surface area contributed by atoms with Crippen molar-refractivity contribution in [2.45, 2.75) is 121 Å². The third-order valence-corrected chi connectivity index (χ3v) is 10.3. The molecule has 2 atom stereocenters. The lowest BCUT2D eigenvalue weighted by Crippen LogP contribution is -2.47. The van der Waals surface area contributed by atoms with Crippen molar-refractivity contribution in [2.24, 2.45) is 11.8 Å². The van der Waals surface area contributed by atoms with E-state index in [-0.39, 0.29) is 30.3 Å². The van der Waals surface area contributed by atoms with E-state index in [2.05, 4.69) is 6.92 Å². The highest BCUT2D eigenvalue weighted by molar-refractivity contribution is 7.15. The molecule has 1 saturated heterocycles. The molecule has 1 aromatic rings. The molecule has 1 amide bonds. The molecule has 3 aliphatic carbocycles. The van der Waals surface area contributed by atoms with Crippen molar-refractivity contribution in [3.8, 4) is 0 Å². The Bertz CT molecular complexity index is 1010. The zero-order chi connectivity index (χ0) is 27.4. The molecule has 1 aliphatic heterocycles. The average Bonchev–Trinajstić information content (AvgIpc) is 3.39. The summed E-state index contributed by atoms with van der Waals surface area (Å²) in [6, 6.07) is 2.03. The number of ether oxygens (including phenoxy) is 3. The first-order chi connectivity index (χ1) is 18.9. The van der Waals surface area contributed by atoms with Crippen LogP contribution in [0.1, 0.15) is 111 Å². The number of nitrogens with zero attached hydrogens (tertiary/aromatic N) is 1. The maximum absolute atomic E-state index is 14.3. The van der Waals surface area contributed by atoms with Crippen molar-refractivity contribution in [1.29, 1.82) is 0 Å². The minimum atomic E-state index is -0.466. The van der Waals surface area contributed by atoms with E-state index < -0.39 is 12.1 Å². The van der Waals surface area contributed by atoms with Crippen molar-refractivity contribution in [3.05, 3.63) is 21.9 Å². The summed E-state index contributed by atoms with van der Waals surface area (Å²) in [6.07, 6.45) is 14.5. The Morgan fingerprint density at radius 3 is 2.44 bits per heavy atom. The van der Waals surface area contributed by atoms with E-state index in [1.54, 1.807) is 0 Å². The van der Waals surface area contributed by atoms with Crippen LogP contribution in [0.15, 0.2) is 12.1 Å². The smallest absolute Gasteiger partial charge is 0.350 e. The highest BCUT2D eigenvalue weighted by atomic mass is 32.1. The largest absolute Gasteiger partial charge is 0.465 e. The van der Waals surface area contributed by atoms with Gasteiger partial charge < -0.3 is 24.2 Å². The summed E-state index contributed by atoms with van der Waals surface area (Å²) < 4.78 is 17.3. The second kappa shape index (κ2) is 13.3. The zero-order valence-corrected chi connectivity index (χ0v) is 24.4. The highest BCUT2D eigenvalue weighted by Crippen LogP contribution is 2.42. The van der Waals surface area contributed by atoms with Crippen LogP contribution in [0.5, 0.6) is 0 Å². The Morgan fingerprint density at radius 2 is 1.77 bits per heavy atom. The molecule has 5 rings (SSSR count). The predicted octanol–water partition coefficient (Wildman–Crippen LogP) is 6.48. The van der Waals surface area contributed by atoms with E-state index in [4.69, 9.17) is 14.2 Å². The minimum absolute atomic E-state index is 0.0146. The molecule has 0 spiro atoms. The number of allylic oxidation sites excluding steroid dienone is 1. The molecule has 0 bridgehead atoms. The van der Waals surface area contributed by atoms with Gasteiger partial charge in [-0.1, -0.05) is 13.0 Å². The first-order valence-electron chi connectivity index (χ1n) is 15.1. The fourth-order valence-corrected chi connectivity index (χ4v) is 7.86. The summed E-state index contributed by atoms with van der Waals surface area (Å²) in [4.78, 5) is 30.7. The quantitative estimate of drug-likeness (QED) is 0.385. The normalized spacial score (nSPS) is 31.8. The Kier molecular flexibility index (Phi) is 9.80. The number of carbonyl (C=O) groups is 2. The van der Waals surface area contributed by atoms with Gasteiger partial charge in [0, 0.05) is 23.4 Å². The summed E-state index contributed by atoms with van der Waals surface area (Å²) in [7, 11) is 1.40. The van der Waals surface area contributed by atoms with Gasteiger partial charge in [0.2, 0.25) is 5.91 Å². The van der Waals surface area contributed by atoms with Crippen LogP contribution in [0.25, 0.3) is 5.57 Å². The molecule has 216 valence electrons. The summed E-state index contributed by atoms with van der Waals surface area (Å²) in [6.45, 7) is 3.04. The van der Waals surface area contributed by atoms with Crippen molar-refractivity contribution in [2.75, 3.05) is 18.6 Å². The van der Waals surface area contributed by atoms with Gasteiger partial charge in [0.15, 0.2) is 6.29 Å². The molecule has 3 fully saturated rings. The third kappa shape index (κ3) is 6.95. The Balaban J connectivity index is 1.42. The van der Waals surface area contributed by atoms with E-state index in [0.717, 1.165) is 107 Å². The molecule has 39 heavy (non-hydrogen) atoms. The van der Waals surface area contributed by atoms with Crippen LogP contribution in [-0.4, -0.2) is 55.2 Å². The maximum atomic E-state index is 14.3. The van der Waals surface area contributed by atoms with E-state index in [1.165, 1.54) is 18.4 Å². The van der Waals surface area contributed by atoms with Gasteiger partial charge in [-0.3, -0.25) is 4.79 Å². The molecule has 2 heterocycles. The maximum Gasteiger partial charge on any atom is 0.350 e. The second-order valence-electron chi connectivity index (χ2n) is 12.0. The lowest BCUT2D eigenvalue weighted by molar-refractivity contribution is -0.193. The van der Waals surface area contributed by atoms with Crippen molar-refractivity contribution in [3.63, 3.8) is 0 Å². The SMILES string of the molecule is COC(=O)c1sc(C2=CC(O)CCC2)cc1N(C(=O)C1CCC(C)CC1)C1CCC(OC2CCCCO2)CC1. The minimum Gasteiger partial charge on any atom is -0.465 e. The molecule has 2 unspecified atom stereocenters. The standard InChI is InChI=1S/C31H45NO6S/c1-20-9-11-21(12-10-20)30(34)32(23-13-15-25(16-14-23)38-28-8-3-4-17-37-28)26-19-27(39-29(26)31(35)36-2)22-6-5-7-24(33)18-22/h18-21,23-25,28,33H,3-17H2,1-2H3. The topological polar surface area (TPSA) is 85.3 Å². The van der Waals surface area contributed by atoms with Crippen molar-refractivity contribution < 1.29 is 28.9 Å². The first-order valence-corrected chi connectivity index (χ1v) is 16.0. The van der Waals surface area contributed by atoms with Crippen LogP contribution in [-0.2, 0) is 19.0 Å². The number of aliphatic hydroxyl groups is 1. The average molecular weight is 560 g/mol. The number of thiophene rings is 1. The van der Waals surface area contributed by atoms with Gasteiger partial charge in [0.25, 0.3) is 0 Å². The van der Waals surface area contributed by atoms with Crippen LogP contribution in [0.3, 0.4) is 0 Å². The Labute approximate surface area is 236 Å². The van der Waals surface area contributed by atoms with Gasteiger partial charge in [-0.05, 0) is 107 Å². The molecule has 7 nitrogen and oxygen atoms in total. The van der Waals surface area contributed by atoms with Gasteiger partial charge in [-0.25, -0.2) is 4.79 Å². The number of carbonyl (C=O) groups excluding carboxylic acids is 2. The molecular weight excluding hydrogens is 514 g/mol. The fourth-order valence-electron chi connectivity index (χ4n) is 6.74. The van der Waals surface area contributed by atoms with Crippen molar-refractivity contribution >= 4 is 34.5 Å². The molecule has 4 aliphatic rings. The van der Waals surface area contributed by atoms with E-state index in [9.17, 15) is 14.7 Å². The van der Waals surface area contributed by atoms with Crippen LogP contribution in [0.4, 0.5) is 5.69 Å². The molecule has 1 N–H and O–H groups in total. The number of aliphatic hydroxyl groups excluding tert-OH is 1. The molecule has 8 heteroatoms. The van der Waals surface area contributed by atoms with Crippen LogP contribution >= 0.6 is 11.3 Å². The number of rotatable bonds is 7. The van der Waals surface area contributed by atoms with Crippen LogP contribution in [0.2, 0.25) is 0 Å². The molecule has 2 saturated carbocycles. The fraction of sp³-hybridized carbons (Fsp3) is 0.742. The van der Waals surface area contributed by atoms with Crippen LogP contribution < -0.4 is 4.90 Å². The monoisotopic (exact) mass is 559 g/mol. The molecule has 0 aromatic carbocycles. The first kappa shape index (κ1) is 28.8. The van der Waals surface area contributed by atoms with Gasteiger partial charge in [-0.15, -0.1) is 11.3 Å². The molecule has 1 aromatic heterocycles. The second-order valence-corrected chi connectivity index (χ2v) is 13.0. The third-order valence-electron chi connectivity index (χ3n) is 9.09. The van der Waals surface area contributed by atoms with E-state index in [1.807, 2.05) is 17.0 Å². The van der Waals surface area contributed by atoms with E-state index >= 15 is 0 Å². The number of anilines is 1. The van der Waals surface area contributed by atoms with Gasteiger partial charge in [0.05, 0.1) is 25.0 Å². The van der Waals surface area contributed by atoms with Gasteiger partial charge in [-0.2, -0.15) is 0 Å². The lowest BCUT2D eigenvalue weighted by atomic mass is 9.81. The lowest BCUT2D eigenvalue weighted by Gasteiger charge is -2.40. The number of hydrogen-bond donors (Lipinski definition) is 1. The number of esters is 1. The summed E-state index contributed by atoms with van der Waals surface area (Å²) in [5.74, 6) is 0.379. The summed E-state index contributed by atoms with van der Waals surface area (Å²) >= 11 is 1.39. The highest BCUT2D eigenvalue weighted by Gasteiger charge is 2.38. The van der Waals surface area contributed by atoms with Crippen molar-refractivity contribution in [1.82, 2.24) is 0 Å². The zero-order valence-electron chi connectivity index (χ0n) is 23.6.